The van der Waals surface area contributed by atoms with E-state index in [2.05, 4.69) is 49.6 Å². The number of aliphatic hydroxyl groups is 10. The first-order chi connectivity index (χ1) is 46.2. The molecule has 0 aromatic rings. The molecule has 0 radical (unpaired) electrons. The van der Waals surface area contributed by atoms with Crippen molar-refractivity contribution >= 4 is 31.3 Å². The van der Waals surface area contributed by atoms with E-state index in [9.17, 15) is 74.8 Å². The van der Waals surface area contributed by atoms with Crippen molar-refractivity contribution in [2.75, 3.05) is 66.0 Å². The molecule has 0 aliphatic carbocycles. The summed E-state index contributed by atoms with van der Waals surface area (Å²) in [4.78, 5) is 52.1. The summed E-state index contributed by atoms with van der Waals surface area (Å²) in [6.45, 7) is 4.22. The largest absolute Gasteiger partial charge is 0.461 e. The molecule has 3 saturated heterocycles. The van der Waals surface area contributed by atoms with Crippen LogP contribution in [0.2, 0.25) is 0 Å². The average Bonchev–Trinajstić information content (AvgIpc) is 0.792. The Morgan fingerprint density at radius 1 is 0.479 bits per heavy atom. The molecule has 0 aromatic carbocycles. The van der Waals surface area contributed by atoms with Crippen molar-refractivity contribution in [1.29, 1.82) is 0 Å². The third-order valence-corrected chi connectivity index (χ3v) is 18.5. The fourth-order valence-electron chi connectivity index (χ4n) is 11.3. The lowest BCUT2D eigenvalue weighted by Crippen LogP contribution is -2.66. The molecule has 0 bridgehead atoms. The lowest BCUT2D eigenvalue weighted by atomic mass is 9.96. The Labute approximate surface area is 569 Å². The summed E-state index contributed by atoms with van der Waals surface area (Å²) in [5.41, 5.74) is 0. The molecule has 3 aliphatic rings. The van der Waals surface area contributed by atoms with Crippen LogP contribution in [0.1, 0.15) is 213 Å². The maximum absolute atomic E-state index is 13.6. The lowest BCUT2D eigenvalue weighted by Gasteiger charge is -2.48. The number of carbonyl (C=O) groups excluding carboxylic acids is 4. The highest BCUT2D eigenvalue weighted by molar-refractivity contribution is 7.52. The number of carbonyl (C=O) groups is 4. The maximum atomic E-state index is 13.6. The predicted molar refractivity (Wildman–Crippen MR) is 355 cm³/mol. The van der Waals surface area contributed by atoms with Crippen molar-refractivity contribution in [2.24, 2.45) is 5.92 Å². The Kier molecular flexibility index (Phi) is 47.1. The monoisotopic (exact) mass is 1400 g/mol. The number of esters is 2. The van der Waals surface area contributed by atoms with E-state index in [1.807, 2.05) is 6.08 Å². The minimum absolute atomic E-state index is 0.00931. The van der Waals surface area contributed by atoms with Crippen LogP contribution in [-0.4, -0.2) is 239 Å². The molecule has 18 atom stereocenters. The van der Waals surface area contributed by atoms with E-state index in [1.54, 1.807) is 0 Å². The second kappa shape index (κ2) is 51.9. The number of ether oxygens (including phenoxy) is 8. The van der Waals surface area contributed by atoms with Gasteiger partial charge in [0, 0.05) is 39.0 Å². The number of aliphatic hydroxyl groups excluding tert-OH is 10. The first-order valence-corrected chi connectivity index (χ1v) is 37.8. The van der Waals surface area contributed by atoms with E-state index in [4.69, 9.17) is 46.9 Å². The van der Waals surface area contributed by atoms with Crippen LogP contribution >= 0.6 is 7.60 Å². The van der Waals surface area contributed by atoms with Crippen molar-refractivity contribution in [2.45, 2.75) is 312 Å². The van der Waals surface area contributed by atoms with E-state index >= 15 is 0 Å². The van der Waals surface area contributed by atoms with Crippen molar-refractivity contribution in [3.05, 3.63) is 24.3 Å². The van der Waals surface area contributed by atoms with Crippen LogP contribution < -0.4 is 10.6 Å². The maximum Gasteiger partial charge on any atom is 0.327 e. The van der Waals surface area contributed by atoms with Gasteiger partial charge in [0.1, 0.15) is 79.9 Å². The van der Waals surface area contributed by atoms with Gasteiger partial charge >= 0.3 is 19.5 Å². The van der Waals surface area contributed by atoms with Crippen LogP contribution in [0.4, 0.5) is 0 Å². The van der Waals surface area contributed by atoms with Gasteiger partial charge in [0.2, 0.25) is 11.8 Å². The molecular weight excluding hydrogens is 1280 g/mol. The van der Waals surface area contributed by atoms with Crippen LogP contribution in [0.25, 0.3) is 0 Å². The summed E-state index contributed by atoms with van der Waals surface area (Å²) < 4.78 is 69.7. The number of unbranched alkanes of at least 4 members (excludes halogenated alkanes) is 21. The molecule has 0 aromatic heterocycles. The standard InChI is InChI=1S/C68H123N2O25P/c1-5-8-11-14-16-18-19-20-21-22-23-24-26-28-31-38-55(76)90-49(46-87-65(84)48(34-29-13-10-7-3)35-30-27-25-17-15-12-9-6-2)47-89-96(4,85)88-42-40-70-54(75)37-33-32-36-53(74)69-39-41-86-66-61(82)58(79)63(51(44-72)92-66)95-68-62(83)59(80)64(52(45-73)93-68)94-67-60(81)57(78)56(77)50(43-71)91-67/h20-21,30,35,48-52,56-64,66-68,71-73,77-83H,5-19,22-29,31-34,36-47H2,1-4H3,(H,69,74)(H,70,75)/b21-20-,35-30+/t48?,49-,50?,51?,52?,56-,57-,58+,59+,60?,61?,62?,63-,64-,66+,67-,68-,96?/m0/s1. The van der Waals surface area contributed by atoms with Gasteiger partial charge in [-0.05, 0) is 64.2 Å². The fraction of sp³-hybridized carbons (Fsp3) is 0.882. The summed E-state index contributed by atoms with van der Waals surface area (Å²) in [5.74, 6) is -2.08. The predicted octanol–water partition coefficient (Wildman–Crippen LogP) is 5.49. The topological polar surface area (TPSA) is 404 Å². The third kappa shape index (κ3) is 35.0. The van der Waals surface area contributed by atoms with Gasteiger partial charge in [0.25, 0.3) is 0 Å². The minimum atomic E-state index is -3.76. The van der Waals surface area contributed by atoms with Crippen molar-refractivity contribution in [3.8, 4) is 0 Å². The summed E-state index contributed by atoms with van der Waals surface area (Å²) in [6.07, 6.45) is 9.79. The molecule has 0 spiro atoms. The molecule has 3 aliphatic heterocycles. The zero-order valence-electron chi connectivity index (χ0n) is 57.7. The summed E-state index contributed by atoms with van der Waals surface area (Å²) in [7, 11) is -3.76. The molecule has 3 fully saturated rings. The smallest absolute Gasteiger partial charge is 0.327 e. The van der Waals surface area contributed by atoms with Crippen LogP contribution in [0, 0.1) is 5.92 Å². The molecule has 27 nitrogen and oxygen atoms in total. The van der Waals surface area contributed by atoms with E-state index in [1.165, 1.54) is 70.9 Å². The Morgan fingerprint density at radius 3 is 1.45 bits per heavy atom. The molecule has 28 heteroatoms. The zero-order chi connectivity index (χ0) is 70.5. The minimum Gasteiger partial charge on any atom is -0.461 e. The third-order valence-electron chi connectivity index (χ3n) is 17.2. The van der Waals surface area contributed by atoms with E-state index in [0.29, 0.717) is 25.7 Å². The average molecular weight is 1400 g/mol. The Bertz CT molecular complexity index is 2160. The summed E-state index contributed by atoms with van der Waals surface area (Å²) in [6, 6.07) is 0. The molecule has 96 heavy (non-hydrogen) atoms. The van der Waals surface area contributed by atoms with Gasteiger partial charge < -0.3 is 109 Å². The first-order valence-electron chi connectivity index (χ1n) is 35.8. The summed E-state index contributed by atoms with van der Waals surface area (Å²) in [5, 5.41) is 110. The molecule has 3 heterocycles. The molecule has 560 valence electrons. The van der Waals surface area contributed by atoms with Gasteiger partial charge in [0.15, 0.2) is 25.0 Å². The number of rotatable bonds is 55. The van der Waals surface area contributed by atoms with Gasteiger partial charge in [-0.3, -0.25) is 23.7 Å². The van der Waals surface area contributed by atoms with Gasteiger partial charge in [-0.15, -0.1) is 0 Å². The molecule has 2 amide bonds. The number of hydrogen-bond acceptors (Lipinski definition) is 25. The summed E-state index contributed by atoms with van der Waals surface area (Å²) >= 11 is 0. The first kappa shape index (κ1) is 87.1. The van der Waals surface area contributed by atoms with E-state index in [-0.39, 0.29) is 70.6 Å². The van der Waals surface area contributed by atoms with Crippen LogP contribution in [0.5, 0.6) is 0 Å². The highest BCUT2D eigenvalue weighted by Crippen LogP contribution is 2.44. The van der Waals surface area contributed by atoms with Gasteiger partial charge in [-0.25, -0.2) is 0 Å². The van der Waals surface area contributed by atoms with Crippen molar-refractivity contribution in [3.63, 3.8) is 0 Å². The number of amides is 2. The molecule has 3 rings (SSSR count). The van der Waals surface area contributed by atoms with Gasteiger partial charge in [-0.2, -0.15) is 0 Å². The van der Waals surface area contributed by atoms with Crippen molar-refractivity contribution < 1.29 is 122 Å². The number of hydrogen-bond donors (Lipinski definition) is 12. The quantitative estimate of drug-likeness (QED) is 0.0155. The van der Waals surface area contributed by atoms with Crippen molar-refractivity contribution in [1.82, 2.24) is 10.6 Å². The highest BCUT2D eigenvalue weighted by atomic mass is 31.2. The molecule has 8 unspecified atom stereocenters. The lowest BCUT2D eigenvalue weighted by molar-refractivity contribution is -0.379. The Hall–Kier alpha value is -3.13. The number of nitrogens with one attached hydrogen (secondary N) is 2. The fourth-order valence-corrected chi connectivity index (χ4v) is 12.3. The van der Waals surface area contributed by atoms with Crippen LogP contribution in [-0.2, 0) is 70.7 Å². The normalized spacial score (nSPS) is 27.5. The van der Waals surface area contributed by atoms with Gasteiger partial charge in [0.05, 0.1) is 45.6 Å². The molecule has 12 N–H and O–H groups in total. The Morgan fingerprint density at radius 2 is 0.917 bits per heavy atom. The van der Waals surface area contributed by atoms with Crippen LogP contribution in [0.3, 0.4) is 0 Å². The molecular formula is C68H123N2O25P. The number of allylic oxidation sites excluding steroid dienone is 3. The Balaban J connectivity index is 1.40. The molecule has 0 saturated carbocycles. The SMILES string of the molecule is CCCCCCCC/C=C\CCCCCCCC(=O)O[C@@H](COC(=O)C(/C=C/CCCCCCCC)CCCCCC)COP(C)(=O)OCCNC(=O)CCCCC(=O)NCCO[C@@H]1OC(CO)[C@H](O[C@@H]2OC(CO)[C@H](O[C@@H]3OC(CO)[C@H](O)[C@H](O)C3O)[C@H](O)C2O)[C@H](O)C1O. The second-order valence-corrected chi connectivity index (χ2v) is 27.6. The van der Waals surface area contributed by atoms with E-state index < -0.39 is 143 Å². The van der Waals surface area contributed by atoms with E-state index in [0.717, 1.165) is 83.5 Å². The van der Waals surface area contributed by atoms with Gasteiger partial charge in [-0.1, -0.05) is 154 Å². The van der Waals surface area contributed by atoms with Crippen LogP contribution in [0.15, 0.2) is 24.3 Å². The highest BCUT2D eigenvalue weighted by Gasteiger charge is 2.53. The second-order valence-electron chi connectivity index (χ2n) is 25.5. The zero-order valence-corrected chi connectivity index (χ0v) is 58.6.